The molecule has 162 valence electrons. The molecular formula is C24H23N5O3. The molecule has 1 aliphatic rings. The van der Waals surface area contributed by atoms with Crippen molar-refractivity contribution in [1.82, 2.24) is 24.6 Å². The fourth-order valence-corrected chi connectivity index (χ4v) is 3.93. The third kappa shape index (κ3) is 4.17. The van der Waals surface area contributed by atoms with Crippen LogP contribution in [0.3, 0.4) is 0 Å². The molecule has 8 heteroatoms. The van der Waals surface area contributed by atoms with E-state index in [2.05, 4.69) is 15.0 Å². The van der Waals surface area contributed by atoms with Gasteiger partial charge in [0.15, 0.2) is 5.76 Å². The molecule has 32 heavy (non-hydrogen) atoms. The summed E-state index contributed by atoms with van der Waals surface area (Å²) in [4.78, 5) is 33.3. The molecule has 0 bridgehead atoms. The Morgan fingerprint density at radius 3 is 2.59 bits per heavy atom. The number of para-hydroxylation sites is 1. The van der Waals surface area contributed by atoms with Crippen LogP contribution in [0.2, 0.25) is 0 Å². The third-order valence-corrected chi connectivity index (χ3v) is 5.75. The van der Waals surface area contributed by atoms with Crippen LogP contribution in [-0.2, 0) is 6.54 Å². The van der Waals surface area contributed by atoms with Gasteiger partial charge in [0.1, 0.15) is 5.58 Å². The van der Waals surface area contributed by atoms with Crippen LogP contribution < -0.4 is 5.56 Å². The quantitative estimate of drug-likeness (QED) is 0.485. The van der Waals surface area contributed by atoms with E-state index in [-0.39, 0.29) is 11.5 Å². The number of amides is 1. The minimum Gasteiger partial charge on any atom is -0.451 e. The van der Waals surface area contributed by atoms with Crippen molar-refractivity contribution in [2.24, 2.45) is 0 Å². The summed E-state index contributed by atoms with van der Waals surface area (Å²) in [6, 6.07) is 16.5. The highest BCUT2D eigenvalue weighted by Crippen LogP contribution is 2.20. The number of piperazine rings is 1. The molecule has 5 rings (SSSR count). The molecule has 0 spiro atoms. The van der Waals surface area contributed by atoms with Crippen LogP contribution in [0.25, 0.3) is 22.2 Å². The van der Waals surface area contributed by atoms with Crippen LogP contribution in [0.1, 0.15) is 10.6 Å². The maximum Gasteiger partial charge on any atom is 0.289 e. The molecular weight excluding hydrogens is 406 g/mol. The van der Waals surface area contributed by atoms with E-state index in [4.69, 9.17) is 4.42 Å². The van der Waals surface area contributed by atoms with Gasteiger partial charge in [-0.25, -0.2) is 4.68 Å². The molecule has 0 N–H and O–H groups in total. The number of aromatic nitrogens is 3. The number of carbonyl (C=O) groups excluding carboxylic acids is 1. The number of hydrogen-bond donors (Lipinski definition) is 0. The first-order chi connectivity index (χ1) is 15.7. The summed E-state index contributed by atoms with van der Waals surface area (Å²) in [6.45, 7) is 3.90. The Labute approximate surface area is 184 Å². The minimum absolute atomic E-state index is 0.0806. The summed E-state index contributed by atoms with van der Waals surface area (Å²) in [5.74, 6) is 0.297. The van der Waals surface area contributed by atoms with E-state index in [1.807, 2.05) is 41.3 Å². The second kappa shape index (κ2) is 8.76. The van der Waals surface area contributed by atoms with Crippen molar-refractivity contribution in [2.75, 3.05) is 32.7 Å². The van der Waals surface area contributed by atoms with E-state index in [9.17, 15) is 9.59 Å². The number of pyridine rings is 1. The zero-order chi connectivity index (χ0) is 21.9. The fraction of sp³-hybridized carbons (Fsp3) is 0.250. The number of benzene rings is 1. The molecule has 1 fully saturated rings. The molecule has 0 saturated carbocycles. The lowest BCUT2D eigenvalue weighted by molar-refractivity contribution is 0.0603. The molecule has 3 aromatic heterocycles. The van der Waals surface area contributed by atoms with Gasteiger partial charge in [-0.15, -0.1) is 0 Å². The molecule has 0 aliphatic carbocycles. The predicted molar refractivity (Wildman–Crippen MR) is 120 cm³/mol. The zero-order valence-electron chi connectivity index (χ0n) is 17.6. The number of rotatable bonds is 5. The van der Waals surface area contributed by atoms with Gasteiger partial charge in [0.05, 0.1) is 12.2 Å². The van der Waals surface area contributed by atoms with Crippen LogP contribution in [0.15, 0.2) is 76.2 Å². The average molecular weight is 429 g/mol. The molecule has 4 heterocycles. The number of hydrogen-bond acceptors (Lipinski definition) is 6. The lowest BCUT2D eigenvalue weighted by Gasteiger charge is -2.34. The van der Waals surface area contributed by atoms with Gasteiger partial charge in [0, 0.05) is 62.1 Å². The number of carbonyl (C=O) groups is 1. The van der Waals surface area contributed by atoms with E-state index >= 15 is 0 Å². The normalized spacial score (nSPS) is 14.7. The summed E-state index contributed by atoms with van der Waals surface area (Å²) in [6.07, 6.45) is 3.44. The summed E-state index contributed by atoms with van der Waals surface area (Å²) < 4.78 is 7.21. The van der Waals surface area contributed by atoms with Crippen molar-refractivity contribution < 1.29 is 9.21 Å². The van der Waals surface area contributed by atoms with Gasteiger partial charge in [-0.3, -0.25) is 19.5 Å². The second-order valence-corrected chi connectivity index (χ2v) is 7.80. The SMILES string of the molecule is O=C(c1cc2ccccc2o1)N1CCN(CCn2nc(-c3cccnc3)ccc2=O)CC1. The molecule has 4 aromatic rings. The highest BCUT2D eigenvalue weighted by Gasteiger charge is 2.24. The zero-order valence-corrected chi connectivity index (χ0v) is 17.6. The summed E-state index contributed by atoms with van der Waals surface area (Å²) in [5.41, 5.74) is 2.19. The molecule has 1 saturated heterocycles. The highest BCUT2D eigenvalue weighted by atomic mass is 16.3. The first kappa shape index (κ1) is 20.1. The van der Waals surface area contributed by atoms with Crippen molar-refractivity contribution >= 4 is 16.9 Å². The van der Waals surface area contributed by atoms with Crippen molar-refractivity contribution in [3.8, 4) is 11.3 Å². The van der Waals surface area contributed by atoms with Crippen LogP contribution in [-0.4, -0.2) is 63.2 Å². The molecule has 1 aromatic carbocycles. The summed E-state index contributed by atoms with van der Waals surface area (Å²) in [5, 5.41) is 5.42. The maximum absolute atomic E-state index is 12.8. The molecule has 8 nitrogen and oxygen atoms in total. The maximum atomic E-state index is 12.8. The van der Waals surface area contributed by atoms with E-state index in [0.717, 1.165) is 35.3 Å². The van der Waals surface area contributed by atoms with E-state index in [1.165, 1.54) is 4.68 Å². The topological polar surface area (TPSA) is 84.5 Å². The standard InChI is InChI=1S/C24H23N5O3/c30-23-8-7-20(19-5-3-9-25-17-19)26-29(23)15-12-27-10-13-28(14-11-27)24(31)22-16-18-4-1-2-6-21(18)32-22/h1-9,16-17H,10-15H2. The Morgan fingerprint density at radius 1 is 0.969 bits per heavy atom. The van der Waals surface area contributed by atoms with Crippen LogP contribution in [0.4, 0.5) is 0 Å². The highest BCUT2D eigenvalue weighted by molar-refractivity contribution is 5.96. The molecule has 1 aliphatic heterocycles. The van der Waals surface area contributed by atoms with Gasteiger partial charge in [-0.05, 0) is 30.3 Å². The lowest BCUT2D eigenvalue weighted by Crippen LogP contribution is -2.49. The van der Waals surface area contributed by atoms with Crippen LogP contribution >= 0.6 is 0 Å². The molecule has 1 amide bonds. The van der Waals surface area contributed by atoms with Crippen LogP contribution in [0.5, 0.6) is 0 Å². The predicted octanol–water partition coefficient (Wildman–Crippen LogP) is 2.51. The number of nitrogens with zero attached hydrogens (tertiary/aromatic N) is 5. The molecule has 0 atom stereocenters. The van der Waals surface area contributed by atoms with Gasteiger partial charge in [0.25, 0.3) is 11.5 Å². The van der Waals surface area contributed by atoms with Gasteiger partial charge >= 0.3 is 0 Å². The van der Waals surface area contributed by atoms with E-state index < -0.39 is 0 Å². The lowest BCUT2D eigenvalue weighted by atomic mass is 10.2. The van der Waals surface area contributed by atoms with Crippen molar-refractivity contribution in [3.05, 3.63) is 83.1 Å². The monoisotopic (exact) mass is 429 g/mol. The average Bonchev–Trinajstić information content (AvgIpc) is 3.28. The van der Waals surface area contributed by atoms with Crippen LogP contribution in [0, 0.1) is 0 Å². The Kier molecular flexibility index (Phi) is 5.51. The van der Waals surface area contributed by atoms with Crippen molar-refractivity contribution in [2.45, 2.75) is 6.54 Å². The molecule has 0 radical (unpaired) electrons. The van der Waals surface area contributed by atoms with Gasteiger partial charge in [0.2, 0.25) is 0 Å². The van der Waals surface area contributed by atoms with Gasteiger partial charge in [-0.1, -0.05) is 18.2 Å². The first-order valence-corrected chi connectivity index (χ1v) is 10.7. The smallest absolute Gasteiger partial charge is 0.289 e. The van der Waals surface area contributed by atoms with Crippen molar-refractivity contribution in [3.63, 3.8) is 0 Å². The Hall–Kier alpha value is -3.78. The minimum atomic E-state index is -0.128. The molecule has 0 unspecified atom stereocenters. The summed E-state index contributed by atoms with van der Waals surface area (Å²) >= 11 is 0. The Bertz CT molecular complexity index is 1260. The number of furan rings is 1. The largest absolute Gasteiger partial charge is 0.451 e. The first-order valence-electron chi connectivity index (χ1n) is 10.7. The van der Waals surface area contributed by atoms with Gasteiger partial charge in [-0.2, -0.15) is 5.10 Å². The fourth-order valence-electron chi connectivity index (χ4n) is 3.93. The second-order valence-electron chi connectivity index (χ2n) is 7.80. The Balaban J connectivity index is 1.18. The summed E-state index contributed by atoms with van der Waals surface area (Å²) in [7, 11) is 0. The van der Waals surface area contributed by atoms with Crippen molar-refractivity contribution in [1.29, 1.82) is 0 Å². The van der Waals surface area contributed by atoms with E-state index in [1.54, 1.807) is 30.6 Å². The van der Waals surface area contributed by atoms with E-state index in [0.29, 0.717) is 31.9 Å². The number of fused-ring (bicyclic) bond motifs is 1. The Morgan fingerprint density at radius 2 is 1.81 bits per heavy atom. The third-order valence-electron chi connectivity index (χ3n) is 5.75. The van der Waals surface area contributed by atoms with Gasteiger partial charge < -0.3 is 9.32 Å².